The maximum absolute atomic E-state index is 5.91. The molecule has 0 N–H and O–H groups in total. The van der Waals surface area contributed by atoms with Crippen LogP contribution in [0, 0.1) is 6.07 Å². The van der Waals surface area contributed by atoms with Gasteiger partial charge in [0.1, 0.15) is 11.5 Å². The van der Waals surface area contributed by atoms with Gasteiger partial charge in [0.2, 0.25) is 0 Å². The van der Waals surface area contributed by atoms with Gasteiger partial charge in [-0.05, 0) is 31.0 Å². The van der Waals surface area contributed by atoms with Gasteiger partial charge in [-0.25, -0.2) is 0 Å². The molecule has 0 amide bonds. The fourth-order valence-corrected chi connectivity index (χ4v) is 4.16. The van der Waals surface area contributed by atoms with Crippen molar-refractivity contribution in [2.24, 2.45) is 0 Å². The largest absolute Gasteiger partial charge is 0.493 e. The summed E-state index contributed by atoms with van der Waals surface area (Å²) in [5, 5.41) is 0. The normalized spacial score (nSPS) is 11.1. The van der Waals surface area contributed by atoms with Gasteiger partial charge < -0.3 is 9.47 Å². The van der Waals surface area contributed by atoms with Crippen LogP contribution in [0.15, 0.2) is 18.2 Å². The van der Waals surface area contributed by atoms with Crippen molar-refractivity contribution in [3.05, 3.63) is 24.3 Å². The Bertz CT molecular complexity index is 458. The molecule has 0 spiro atoms. The van der Waals surface area contributed by atoms with Gasteiger partial charge >= 0.3 is 0 Å². The summed E-state index contributed by atoms with van der Waals surface area (Å²) < 4.78 is 11.8. The van der Waals surface area contributed by atoms with Crippen LogP contribution in [0.5, 0.6) is 11.5 Å². The summed E-state index contributed by atoms with van der Waals surface area (Å²) >= 11 is 0. The lowest BCUT2D eigenvalue weighted by Gasteiger charge is -2.09. The molecule has 1 rings (SSSR count). The van der Waals surface area contributed by atoms with Gasteiger partial charge in [-0.15, -0.1) is 0 Å². The first kappa shape index (κ1) is 28.9. The Morgan fingerprint density at radius 1 is 0.469 bits per heavy atom. The van der Waals surface area contributed by atoms with Crippen molar-refractivity contribution in [3.63, 3.8) is 0 Å². The van der Waals surface area contributed by atoms with Gasteiger partial charge in [0, 0.05) is 6.07 Å². The fraction of sp³-hybridized carbons (Fsp3) is 0.800. The second-order valence-electron chi connectivity index (χ2n) is 9.47. The zero-order valence-corrected chi connectivity index (χ0v) is 21.6. The smallest absolute Gasteiger partial charge is 0.123 e. The van der Waals surface area contributed by atoms with Crippen LogP contribution in [-0.4, -0.2) is 13.2 Å². The van der Waals surface area contributed by atoms with Crippen LogP contribution in [0.1, 0.15) is 142 Å². The lowest BCUT2D eigenvalue weighted by Crippen LogP contribution is -2.00. The van der Waals surface area contributed by atoms with E-state index in [0.717, 1.165) is 37.6 Å². The first-order valence-corrected chi connectivity index (χ1v) is 14.1. The second-order valence-corrected chi connectivity index (χ2v) is 9.47. The minimum Gasteiger partial charge on any atom is -0.493 e. The van der Waals surface area contributed by atoms with Crippen LogP contribution in [0.2, 0.25) is 0 Å². The van der Waals surface area contributed by atoms with E-state index in [1.54, 1.807) is 0 Å². The van der Waals surface area contributed by atoms with E-state index in [-0.39, 0.29) is 0 Å². The monoisotopic (exact) mass is 445 g/mol. The van der Waals surface area contributed by atoms with Crippen molar-refractivity contribution in [1.82, 2.24) is 0 Å². The van der Waals surface area contributed by atoms with E-state index >= 15 is 0 Å². The molecular formula is C30H53O2. The van der Waals surface area contributed by atoms with Crippen LogP contribution in [0.3, 0.4) is 0 Å². The average molecular weight is 446 g/mol. The zero-order chi connectivity index (χ0) is 23.0. The van der Waals surface area contributed by atoms with E-state index < -0.39 is 0 Å². The van der Waals surface area contributed by atoms with Crippen molar-refractivity contribution >= 4 is 0 Å². The molecule has 0 unspecified atom stereocenters. The number of hydrogen-bond donors (Lipinski definition) is 0. The van der Waals surface area contributed by atoms with Crippen molar-refractivity contribution in [2.75, 3.05) is 13.2 Å². The predicted molar refractivity (Wildman–Crippen MR) is 140 cm³/mol. The molecule has 1 aromatic carbocycles. The van der Waals surface area contributed by atoms with Crippen LogP contribution in [-0.2, 0) is 0 Å². The minimum atomic E-state index is 0.798. The Kier molecular flexibility index (Phi) is 20.7. The predicted octanol–water partition coefficient (Wildman–Crippen LogP) is 10.1. The van der Waals surface area contributed by atoms with Crippen LogP contribution < -0.4 is 9.47 Å². The molecule has 32 heavy (non-hydrogen) atoms. The van der Waals surface area contributed by atoms with Gasteiger partial charge in [0.25, 0.3) is 0 Å². The molecule has 0 atom stereocenters. The highest BCUT2D eigenvalue weighted by atomic mass is 16.5. The Morgan fingerprint density at radius 2 is 0.781 bits per heavy atom. The average Bonchev–Trinajstić information content (AvgIpc) is 2.81. The summed E-state index contributed by atoms with van der Waals surface area (Å²) in [7, 11) is 0. The van der Waals surface area contributed by atoms with Gasteiger partial charge in [-0.3, -0.25) is 0 Å². The van der Waals surface area contributed by atoms with Crippen LogP contribution in [0.4, 0.5) is 0 Å². The van der Waals surface area contributed by atoms with E-state index in [1.165, 1.54) is 116 Å². The molecule has 0 saturated heterocycles. The SMILES string of the molecule is CCCCCCCCCCCCOc1c[c]cc(OCCCCCCCCCCCC)c1. The Balaban J connectivity index is 1.94. The molecule has 0 aliphatic heterocycles. The molecule has 0 fully saturated rings. The summed E-state index contributed by atoms with van der Waals surface area (Å²) in [6.45, 7) is 6.16. The van der Waals surface area contributed by atoms with Gasteiger partial charge in [0.05, 0.1) is 13.2 Å². The quantitative estimate of drug-likeness (QED) is 0.147. The number of unbranched alkanes of at least 4 members (excludes halogenated alkanes) is 18. The molecule has 0 heterocycles. The molecule has 0 saturated carbocycles. The van der Waals surface area contributed by atoms with E-state index in [1.807, 2.05) is 18.2 Å². The molecule has 0 aromatic heterocycles. The molecular weight excluding hydrogens is 392 g/mol. The number of benzene rings is 1. The highest BCUT2D eigenvalue weighted by Crippen LogP contribution is 2.20. The minimum absolute atomic E-state index is 0.798. The summed E-state index contributed by atoms with van der Waals surface area (Å²) in [5.41, 5.74) is 0. The maximum Gasteiger partial charge on any atom is 0.123 e. The van der Waals surface area contributed by atoms with Crippen molar-refractivity contribution in [1.29, 1.82) is 0 Å². The molecule has 1 aromatic rings. The highest BCUT2D eigenvalue weighted by molar-refractivity contribution is 5.32. The van der Waals surface area contributed by atoms with Crippen molar-refractivity contribution in [3.8, 4) is 11.5 Å². The first-order chi connectivity index (χ1) is 15.9. The Morgan fingerprint density at radius 3 is 1.12 bits per heavy atom. The Labute approximate surface area is 200 Å². The molecule has 1 radical (unpaired) electrons. The number of rotatable bonds is 24. The van der Waals surface area contributed by atoms with Crippen LogP contribution >= 0.6 is 0 Å². The van der Waals surface area contributed by atoms with Gasteiger partial charge in [-0.2, -0.15) is 0 Å². The zero-order valence-electron chi connectivity index (χ0n) is 21.6. The van der Waals surface area contributed by atoms with Crippen molar-refractivity contribution in [2.45, 2.75) is 142 Å². The van der Waals surface area contributed by atoms with Gasteiger partial charge in [-0.1, -0.05) is 129 Å². The Hall–Kier alpha value is -1.18. The molecule has 0 bridgehead atoms. The van der Waals surface area contributed by atoms with Gasteiger partial charge in [0.15, 0.2) is 0 Å². The van der Waals surface area contributed by atoms with Crippen LogP contribution in [0.25, 0.3) is 0 Å². The molecule has 0 aliphatic rings. The van der Waals surface area contributed by atoms with E-state index in [2.05, 4.69) is 19.9 Å². The lowest BCUT2D eigenvalue weighted by molar-refractivity contribution is 0.289. The fourth-order valence-electron chi connectivity index (χ4n) is 4.16. The molecule has 2 heteroatoms. The molecule has 0 aliphatic carbocycles. The summed E-state index contributed by atoms with van der Waals surface area (Å²) in [5.74, 6) is 1.78. The molecule has 2 nitrogen and oxygen atoms in total. The highest BCUT2D eigenvalue weighted by Gasteiger charge is 2.00. The summed E-state index contributed by atoms with van der Waals surface area (Å²) in [6.07, 6.45) is 27.1. The standard InChI is InChI=1S/C30H53O2/c1-3-5-7-9-11-13-15-17-19-21-26-31-29-24-23-25-30(28-29)32-27-22-20-18-16-14-12-10-8-6-4-2/h24-25,28H,3-22,26-27H2,1-2H3. The summed E-state index contributed by atoms with van der Waals surface area (Å²) in [6, 6.07) is 9.02. The summed E-state index contributed by atoms with van der Waals surface area (Å²) in [4.78, 5) is 0. The second kappa shape index (κ2) is 23.0. The van der Waals surface area contributed by atoms with E-state index in [4.69, 9.17) is 9.47 Å². The van der Waals surface area contributed by atoms with Crippen molar-refractivity contribution < 1.29 is 9.47 Å². The topological polar surface area (TPSA) is 18.5 Å². The third-order valence-corrected chi connectivity index (χ3v) is 6.27. The van der Waals surface area contributed by atoms with E-state index in [0.29, 0.717) is 0 Å². The first-order valence-electron chi connectivity index (χ1n) is 14.1. The lowest BCUT2D eigenvalue weighted by atomic mass is 10.1. The number of ether oxygens (including phenoxy) is 2. The maximum atomic E-state index is 5.91. The molecule has 185 valence electrons. The van der Waals surface area contributed by atoms with E-state index in [9.17, 15) is 0 Å². The third kappa shape index (κ3) is 18.4. The number of hydrogen-bond acceptors (Lipinski definition) is 2. The third-order valence-electron chi connectivity index (χ3n) is 6.27.